The van der Waals surface area contributed by atoms with Crippen LogP contribution in [0.15, 0.2) is 18.2 Å². The molecule has 4 heteroatoms. The normalized spacial score (nSPS) is 23.0. The molecule has 1 unspecified atom stereocenters. The van der Waals surface area contributed by atoms with Crippen LogP contribution in [-0.4, -0.2) is 54.5 Å². The van der Waals surface area contributed by atoms with Gasteiger partial charge in [-0.1, -0.05) is 13.0 Å². The SMILES string of the molecule is CCN1CCN(C(=O)c2ccc3c(c2)CNCC3)CC1C. The van der Waals surface area contributed by atoms with Crippen LogP contribution in [0.2, 0.25) is 0 Å². The fourth-order valence-corrected chi connectivity index (χ4v) is 3.45. The molecule has 3 rings (SSSR count). The number of fused-ring (bicyclic) bond motifs is 1. The molecule has 0 radical (unpaired) electrons. The lowest BCUT2D eigenvalue weighted by Crippen LogP contribution is -2.53. The maximum atomic E-state index is 12.7. The molecule has 1 aromatic carbocycles. The van der Waals surface area contributed by atoms with Crippen molar-refractivity contribution in [3.63, 3.8) is 0 Å². The topological polar surface area (TPSA) is 35.6 Å². The van der Waals surface area contributed by atoms with E-state index in [-0.39, 0.29) is 5.91 Å². The fourth-order valence-electron chi connectivity index (χ4n) is 3.45. The zero-order valence-corrected chi connectivity index (χ0v) is 13.1. The number of likely N-dealkylation sites (N-methyl/N-ethyl adjacent to an activating group) is 1. The van der Waals surface area contributed by atoms with Crippen molar-refractivity contribution in [3.8, 4) is 0 Å². The van der Waals surface area contributed by atoms with Crippen molar-refractivity contribution in [3.05, 3.63) is 34.9 Å². The van der Waals surface area contributed by atoms with Crippen LogP contribution in [0.1, 0.15) is 35.3 Å². The van der Waals surface area contributed by atoms with E-state index < -0.39 is 0 Å². The van der Waals surface area contributed by atoms with E-state index in [2.05, 4.69) is 36.2 Å². The summed E-state index contributed by atoms with van der Waals surface area (Å²) in [5.41, 5.74) is 3.51. The van der Waals surface area contributed by atoms with Crippen LogP contribution in [0, 0.1) is 0 Å². The summed E-state index contributed by atoms with van der Waals surface area (Å²) in [6.07, 6.45) is 1.07. The second-order valence-corrected chi connectivity index (χ2v) is 6.14. The molecule has 0 aliphatic carbocycles. The Kier molecular flexibility index (Phi) is 4.27. The highest BCUT2D eigenvalue weighted by Gasteiger charge is 2.26. The predicted octanol–water partition coefficient (Wildman–Crippen LogP) is 1.50. The molecule has 0 saturated carbocycles. The third-order valence-electron chi connectivity index (χ3n) is 4.80. The summed E-state index contributed by atoms with van der Waals surface area (Å²) in [6.45, 7) is 10.0. The molecule has 2 aliphatic heterocycles. The summed E-state index contributed by atoms with van der Waals surface area (Å²) >= 11 is 0. The Labute approximate surface area is 127 Å². The standard InChI is InChI=1S/C17H25N3O/c1-3-19-8-9-20(12-13(19)2)17(21)15-5-4-14-6-7-18-11-16(14)10-15/h4-5,10,13,18H,3,6-9,11-12H2,1-2H3. The van der Waals surface area contributed by atoms with Gasteiger partial charge in [0, 0.05) is 37.8 Å². The molecular formula is C17H25N3O. The summed E-state index contributed by atoms with van der Waals surface area (Å²) in [5, 5.41) is 3.38. The van der Waals surface area contributed by atoms with Gasteiger partial charge < -0.3 is 10.2 Å². The molecule has 2 heterocycles. The summed E-state index contributed by atoms with van der Waals surface area (Å²) < 4.78 is 0. The first kappa shape index (κ1) is 14.5. The van der Waals surface area contributed by atoms with Crippen molar-refractivity contribution in [2.45, 2.75) is 32.9 Å². The highest BCUT2D eigenvalue weighted by molar-refractivity contribution is 5.94. The quantitative estimate of drug-likeness (QED) is 0.895. The molecule has 4 nitrogen and oxygen atoms in total. The molecule has 1 atom stereocenters. The van der Waals surface area contributed by atoms with Crippen molar-refractivity contribution in [2.75, 3.05) is 32.7 Å². The number of nitrogens with zero attached hydrogens (tertiary/aromatic N) is 2. The van der Waals surface area contributed by atoms with Crippen molar-refractivity contribution >= 4 is 5.91 Å². The van der Waals surface area contributed by atoms with Crippen molar-refractivity contribution < 1.29 is 4.79 Å². The van der Waals surface area contributed by atoms with E-state index in [4.69, 9.17) is 0 Å². The Balaban J connectivity index is 1.73. The van der Waals surface area contributed by atoms with E-state index >= 15 is 0 Å². The van der Waals surface area contributed by atoms with Crippen LogP contribution < -0.4 is 5.32 Å². The smallest absolute Gasteiger partial charge is 0.253 e. The Hall–Kier alpha value is -1.39. The third kappa shape index (κ3) is 2.97. The maximum Gasteiger partial charge on any atom is 0.253 e. The Morgan fingerprint density at radius 3 is 2.95 bits per heavy atom. The zero-order valence-electron chi connectivity index (χ0n) is 13.1. The van der Waals surface area contributed by atoms with Crippen molar-refractivity contribution in [1.29, 1.82) is 0 Å². The number of carbonyl (C=O) groups is 1. The number of nitrogens with one attached hydrogen (secondary N) is 1. The van der Waals surface area contributed by atoms with Crippen molar-refractivity contribution in [2.24, 2.45) is 0 Å². The lowest BCUT2D eigenvalue weighted by Gasteiger charge is -2.39. The van der Waals surface area contributed by atoms with Crippen LogP contribution in [-0.2, 0) is 13.0 Å². The molecule has 0 aromatic heterocycles. The Bertz CT molecular complexity index is 529. The highest BCUT2D eigenvalue weighted by atomic mass is 16.2. The lowest BCUT2D eigenvalue weighted by atomic mass is 9.98. The van der Waals surface area contributed by atoms with E-state index in [0.717, 1.165) is 51.3 Å². The first-order chi connectivity index (χ1) is 10.2. The predicted molar refractivity (Wildman–Crippen MR) is 84.5 cm³/mol. The lowest BCUT2D eigenvalue weighted by molar-refractivity contribution is 0.0528. The maximum absolute atomic E-state index is 12.7. The summed E-state index contributed by atoms with van der Waals surface area (Å²) in [7, 11) is 0. The summed E-state index contributed by atoms with van der Waals surface area (Å²) in [6, 6.07) is 6.67. The van der Waals surface area contributed by atoms with Gasteiger partial charge in [0.1, 0.15) is 0 Å². The number of benzene rings is 1. The van der Waals surface area contributed by atoms with Gasteiger partial charge >= 0.3 is 0 Å². The minimum absolute atomic E-state index is 0.186. The van der Waals surface area contributed by atoms with Crippen LogP contribution in [0.3, 0.4) is 0 Å². The fraction of sp³-hybridized carbons (Fsp3) is 0.588. The molecule has 0 bridgehead atoms. The van der Waals surface area contributed by atoms with Gasteiger partial charge in [0.25, 0.3) is 5.91 Å². The molecule has 1 N–H and O–H groups in total. The molecular weight excluding hydrogens is 262 g/mol. The number of hydrogen-bond donors (Lipinski definition) is 1. The number of rotatable bonds is 2. The molecule has 1 saturated heterocycles. The van der Waals surface area contributed by atoms with E-state index in [1.54, 1.807) is 0 Å². The Morgan fingerprint density at radius 1 is 1.33 bits per heavy atom. The molecule has 114 valence electrons. The summed E-state index contributed by atoms with van der Waals surface area (Å²) in [5.74, 6) is 0.186. The second-order valence-electron chi connectivity index (χ2n) is 6.14. The molecule has 21 heavy (non-hydrogen) atoms. The molecule has 0 spiro atoms. The first-order valence-electron chi connectivity index (χ1n) is 8.05. The highest BCUT2D eigenvalue weighted by Crippen LogP contribution is 2.18. The van der Waals surface area contributed by atoms with E-state index in [0.29, 0.717) is 6.04 Å². The van der Waals surface area contributed by atoms with Gasteiger partial charge in [-0.05, 0) is 49.7 Å². The van der Waals surface area contributed by atoms with Gasteiger partial charge in [0.2, 0.25) is 0 Å². The van der Waals surface area contributed by atoms with Gasteiger partial charge in [-0.15, -0.1) is 0 Å². The molecule has 1 aromatic rings. The number of hydrogen-bond acceptors (Lipinski definition) is 3. The Morgan fingerprint density at radius 2 is 2.19 bits per heavy atom. The van der Waals surface area contributed by atoms with E-state index in [9.17, 15) is 4.79 Å². The summed E-state index contributed by atoms with van der Waals surface area (Å²) in [4.78, 5) is 17.2. The largest absolute Gasteiger partial charge is 0.336 e. The average Bonchev–Trinajstić information content (AvgIpc) is 2.53. The molecule has 1 fully saturated rings. The first-order valence-corrected chi connectivity index (χ1v) is 8.05. The second kappa shape index (κ2) is 6.16. The van der Waals surface area contributed by atoms with Crippen LogP contribution in [0.25, 0.3) is 0 Å². The number of piperazine rings is 1. The molecule has 1 amide bonds. The number of carbonyl (C=O) groups excluding carboxylic acids is 1. The minimum atomic E-state index is 0.186. The van der Waals surface area contributed by atoms with E-state index in [1.807, 2.05) is 11.0 Å². The zero-order chi connectivity index (χ0) is 14.8. The van der Waals surface area contributed by atoms with Crippen LogP contribution in [0.5, 0.6) is 0 Å². The van der Waals surface area contributed by atoms with Crippen LogP contribution >= 0.6 is 0 Å². The van der Waals surface area contributed by atoms with Gasteiger partial charge in [-0.3, -0.25) is 9.69 Å². The van der Waals surface area contributed by atoms with Crippen molar-refractivity contribution in [1.82, 2.24) is 15.1 Å². The minimum Gasteiger partial charge on any atom is -0.336 e. The van der Waals surface area contributed by atoms with Gasteiger partial charge in [-0.2, -0.15) is 0 Å². The van der Waals surface area contributed by atoms with Gasteiger partial charge in [0.15, 0.2) is 0 Å². The van der Waals surface area contributed by atoms with Crippen LogP contribution in [0.4, 0.5) is 0 Å². The van der Waals surface area contributed by atoms with Gasteiger partial charge in [0.05, 0.1) is 0 Å². The third-order valence-corrected chi connectivity index (χ3v) is 4.80. The number of amides is 1. The van der Waals surface area contributed by atoms with E-state index in [1.165, 1.54) is 11.1 Å². The molecule has 2 aliphatic rings. The average molecular weight is 287 g/mol. The van der Waals surface area contributed by atoms with Gasteiger partial charge in [-0.25, -0.2) is 0 Å². The monoisotopic (exact) mass is 287 g/mol.